The van der Waals surface area contributed by atoms with E-state index in [-0.39, 0.29) is 5.84 Å². The molecule has 0 aliphatic rings. The third-order valence-electron chi connectivity index (χ3n) is 2.00. The Hall–Kier alpha value is -1.94. The SMILES string of the molecule is N=C(NN)c1ccc2ccccc2n1. The van der Waals surface area contributed by atoms with Gasteiger partial charge in [0.05, 0.1) is 5.52 Å². The van der Waals surface area contributed by atoms with Gasteiger partial charge in [0, 0.05) is 5.39 Å². The Balaban J connectivity index is 2.56. The molecule has 4 heteroatoms. The molecule has 0 spiro atoms. The summed E-state index contributed by atoms with van der Waals surface area (Å²) in [6, 6.07) is 11.4. The van der Waals surface area contributed by atoms with Crippen LogP contribution in [0, 0.1) is 5.41 Å². The van der Waals surface area contributed by atoms with Crippen molar-refractivity contribution in [1.82, 2.24) is 10.4 Å². The number of pyridine rings is 1. The zero-order valence-electron chi connectivity index (χ0n) is 7.49. The fourth-order valence-electron chi connectivity index (χ4n) is 1.28. The van der Waals surface area contributed by atoms with Crippen molar-refractivity contribution in [3.05, 3.63) is 42.1 Å². The molecule has 70 valence electrons. The molecule has 0 saturated heterocycles. The molecule has 2 rings (SSSR count). The van der Waals surface area contributed by atoms with Crippen LogP contribution in [0.1, 0.15) is 5.69 Å². The predicted molar refractivity (Wildman–Crippen MR) is 55.9 cm³/mol. The number of hydrogen-bond acceptors (Lipinski definition) is 3. The fraction of sp³-hybridized carbons (Fsp3) is 0. The highest BCUT2D eigenvalue weighted by atomic mass is 15.2. The van der Waals surface area contributed by atoms with Crippen molar-refractivity contribution in [2.24, 2.45) is 5.84 Å². The molecular formula is C10H10N4. The number of benzene rings is 1. The highest BCUT2D eigenvalue weighted by molar-refractivity contribution is 5.96. The van der Waals surface area contributed by atoms with Crippen LogP contribution in [0.2, 0.25) is 0 Å². The largest absolute Gasteiger partial charge is 0.307 e. The normalized spacial score (nSPS) is 10.1. The van der Waals surface area contributed by atoms with Crippen LogP contribution >= 0.6 is 0 Å². The number of amidine groups is 1. The number of nitrogens with two attached hydrogens (primary N) is 1. The van der Waals surface area contributed by atoms with Gasteiger partial charge in [0.15, 0.2) is 5.84 Å². The van der Waals surface area contributed by atoms with Gasteiger partial charge < -0.3 is 5.43 Å². The topological polar surface area (TPSA) is 74.8 Å². The van der Waals surface area contributed by atoms with Gasteiger partial charge in [-0.1, -0.05) is 24.3 Å². The zero-order valence-corrected chi connectivity index (χ0v) is 7.49. The molecule has 0 fully saturated rings. The van der Waals surface area contributed by atoms with E-state index in [9.17, 15) is 0 Å². The van der Waals surface area contributed by atoms with Gasteiger partial charge in [-0.25, -0.2) is 10.8 Å². The lowest BCUT2D eigenvalue weighted by molar-refractivity contribution is 1.00. The third kappa shape index (κ3) is 1.43. The molecule has 4 N–H and O–H groups in total. The molecule has 0 bridgehead atoms. The molecule has 14 heavy (non-hydrogen) atoms. The molecule has 0 aliphatic carbocycles. The van der Waals surface area contributed by atoms with Crippen LogP contribution in [0.25, 0.3) is 10.9 Å². The van der Waals surface area contributed by atoms with Crippen LogP contribution in [0.4, 0.5) is 0 Å². The van der Waals surface area contributed by atoms with Gasteiger partial charge in [0.1, 0.15) is 5.69 Å². The molecule has 0 saturated carbocycles. The summed E-state index contributed by atoms with van der Waals surface area (Å²) < 4.78 is 0. The van der Waals surface area contributed by atoms with Crippen molar-refractivity contribution in [2.75, 3.05) is 0 Å². The minimum absolute atomic E-state index is 0.121. The second kappa shape index (κ2) is 3.43. The van der Waals surface area contributed by atoms with E-state index < -0.39 is 0 Å². The number of para-hydroxylation sites is 1. The lowest BCUT2D eigenvalue weighted by Crippen LogP contribution is -2.30. The van der Waals surface area contributed by atoms with E-state index in [1.165, 1.54) is 0 Å². The molecule has 0 aliphatic heterocycles. The second-order valence-electron chi connectivity index (χ2n) is 2.91. The van der Waals surface area contributed by atoms with Crippen molar-refractivity contribution in [2.45, 2.75) is 0 Å². The molecule has 1 heterocycles. The monoisotopic (exact) mass is 186 g/mol. The summed E-state index contributed by atoms with van der Waals surface area (Å²) in [5.41, 5.74) is 3.68. The number of hydrazine groups is 1. The van der Waals surface area contributed by atoms with E-state index in [0.717, 1.165) is 10.9 Å². The number of rotatable bonds is 1. The summed E-state index contributed by atoms with van der Waals surface area (Å²) in [6.45, 7) is 0. The first-order valence-electron chi connectivity index (χ1n) is 4.22. The molecule has 0 unspecified atom stereocenters. The summed E-state index contributed by atoms with van der Waals surface area (Å²) in [7, 11) is 0. The molecule has 0 amide bonds. The number of aromatic nitrogens is 1. The molecule has 0 atom stereocenters. The van der Waals surface area contributed by atoms with E-state index in [4.69, 9.17) is 11.3 Å². The Morgan fingerprint density at radius 1 is 1.21 bits per heavy atom. The van der Waals surface area contributed by atoms with Crippen molar-refractivity contribution in [3.63, 3.8) is 0 Å². The van der Waals surface area contributed by atoms with E-state index in [0.29, 0.717) is 5.69 Å². The van der Waals surface area contributed by atoms with Gasteiger partial charge in [-0.05, 0) is 12.1 Å². The molecule has 2 aromatic rings. The molecular weight excluding hydrogens is 176 g/mol. The Morgan fingerprint density at radius 2 is 2.00 bits per heavy atom. The summed E-state index contributed by atoms with van der Waals surface area (Å²) in [6.07, 6.45) is 0. The van der Waals surface area contributed by atoms with Crippen LogP contribution in [0.3, 0.4) is 0 Å². The number of nitrogens with zero attached hydrogens (tertiary/aromatic N) is 1. The maximum absolute atomic E-state index is 7.46. The summed E-state index contributed by atoms with van der Waals surface area (Å²) in [5.74, 6) is 5.25. The number of nitrogens with one attached hydrogen (secondary N) is 2. The highest BCUT2D eigenvalue weighted by Gasteiger charge is 2.01. The molecule has 1 aromatic heterocycles. The maximum Gasteiger partial charge on any atom is 0.158 e. The standard InChI is InChI=1S/C10H10N4/c11-10(14-12)9-6-5-7-3-1-2-4-8(7)13-9/h1-6H,12H2,(H2,11,14). The molecule has 1 aromatic carbocycles. The highest BCUT2D eigenvalue weighted by Crippen LogP contribution is 2.11. The smallest absolute Gasteiger partial charge is 0.158 e. The zero-order chi connectivity index (χ0) is 9.97. The fourth-order valence-corrected chi connectivity index (χ4v) is 1.28. The first-order valence-corrected chi connectivity index (χ1v) is 4.22. The minimum Gasteiger partial charge on any atom is -0.307 e. The third-order valence-corrected chi connectivity index (χ3v) is 2.00. The van der Waals surface area contributed by atoms with Crippen molar-refractivity contribution in [3.8, 4) is 0 Å². The number of hydrogen-bond donors (Lipinski definition) is 3. The van der Waals surface area contributed by atoms with Gasteiger partial charge >= 0.3 is 0 Å². The van der Waals surface area contributed by atoms with Crippen LogP contribution in [0.15, 0.2) is 36.4 Å². The van der Waals surface area contributed by atoms with Gasteiger partial charge in [0.2, 0.25) is 0 Å². The average molecular weight is 186 g/mol. The van der Waals surface area contributed by atoms with E-state index in [2.05, 4.69) is 10.4 Å². The van der Waals surface area contributed by atoms with Crippen molar-refractivity contribution < 1.29 is 0 Å². The Bertz CT molecular complexity index is 478. The van der Waals surface area contributed by atoms with Crippen LogP contribution in [0.5, 0.6) is 0 Å². The average Bonchev–Trinajstić information content (AvgIpc) is 2.27. The summed E-state index contributed by atoms with van der Waals surface area (Å²) in [5, 5.41) is 8.51. The molecule has 4 nitrogen and oxygen atoms in total. The van der Waals surface area contributed by atoms with Crippen molar-refractivity contribution >= 4 is 16.7 Å². The lowest BCUT2D eigenvalue weighted by Gasteiger charge is -2.03. The van der Waals surface area contributed by atoms with Crippen LogP contribution in [-0.2, 0) is 0 Å². The van der Waals surface area contributed by atoms with Crippen LogP contribution in [-0.4, -0.2) is 10.8 Å². The van der Waals surface area contributed by atoms with E-state index in [1.54, 1.807) is 6.07 Å². The quantitative estimate of drug-likeness (QED) is 0.269. The van der Waals surface area contributed by atoms with Gasteiger partial charge in [-0.3, -0.25) is 5.41 Å². The Kier molecular flexibility index (Phi) is 2.12. The first kappa shape index (κ1) is 8.65. The first-order chi connectivity index (χ1) is 6.81. The van der Waals surface area contributed by atoms with Crippen molar-refractivity contribution in [1.29, 1.82) is 5.41 Å². The van der Waals surface area contributed by atoms with Gasteiger partial charge in [-0.15, -0.1) is 0 Å². The second-order valence-corrected chi connectivity index (χ2v) is 2.91. The van der Waals surface area contributed by atoms with E-state index in [1.807, 2.05) is 30.3 Å². The lowest BCUT2D eigenvalue weighted by atomic mass is 10.2. The Morgan fingerprint density at radius 3 is 2.79 bits per heavy atom. The van der Waals surface area contributed by atoms with E-state index >= 15 is 0 Å². The number of fused-ring (bicyclic) bond motifs is 1. The summed E-state index contributed by atoms with van der Waals surface area (Å²) in [4.78, 5) is 4.28. The van der Waals surface area contributed by atoms with Crippen LogP contribution < -0.4 is 11.3 Å². The summed E-state index contributed by atoms with van der Waals surface area (Å²) >= 11 is 0. The molecule has 0 radical (unpaired) electrons. The minimum atomic E-state index is 0.121. The van der Waals surface area contributed by atoms with Gasteiger partial charge in [-0.2, -0.15) is 0 Å². The predicted octanol–water partition coefficient (Wildman–Crippen LogP) is 1.02. The van der Waals surface area contributed by atoms with Gasteiger partial charge in [0.25, 0.3) is 0 Å². The maximum atomic E-state index is 7.46. The Labute approximate surface area is 81.2 Å².